The maximum atomic E-state index is 12.4. The van der Waals surface area contributed by atoms with Gasteiger partial charge in [0.25, 0.3) is 0 Å². The molecule has 0 heterocycles. The van der Waals surface area contributed by atoms with Crippen LogP contribution in [0.5, 0.6) is 0 Å². The number of rotatable bonds is 6. The van der Waals surface area contributed by atoms with E-state index in [1.54, 1.807) is 30.2 Å². The lowest BCUT2D eigenvalue weighted by molar-refractivity contribution is -0.117. The van der Waals surface area contributed by atoms with E-state index in [1.807, 2.05) is 72.8 Å². The zero-order chi connectivity index (χ0) is 19.8. The highest BCUT2D eigenvalue weighted by Gasteiger charge is 2.11. The highest BCUT2D eigenvalue weighted by Crippen LogP contribution is 2.15. The van der Waals surface area contributed by atoms with Crippen LogP contribution in [0.2, 0.25) is 0 Å². The molecule has 0 aliphatic rings. The monoisotopic (exact) mass is 370 g/mol. The number of hydrogen-bond acceptors (Lipinski definition) is 2. The van der Waals surface area contributed by atoms with Crippen LogP contribution < -0.4 is 10.2 Å². The molecular formula is C24H22N2O2. The van der Waals surface area contributed by atoms with Gasteiger partial charge >= 0.3 is 0 Å². The molecule has 0 aliphatic heterocycles. The van der Waals surface area contributed by atoms with E-state index in [1.165, 1.54) is 6.08 Å². The lowest BCUT2D eigenvalue weighted by Crippen LogP contribution is -2.27. The van der Waals surface area contributed by atoms with Crippen LogP contribution in [-0.4, -0.2) is 18.9 Å². The number of anilines is 2. The molecule has 0 fully saturated rings. The minimum Gasteiger partial charge on any atom is -0.323 e. The van der Waals surface area contributed by atoms with Crippen LogP contribution in [0.3, 0.4) is 0 Å². The maximum Gasteiger partial charge on any atom is 0.248 e. The second-order valence-corrected chi connectivity index (χ2v) is 6.40. The van der Waals surface area contributed by atoms with Crippen molar-refractivity contribution in [3.05, 3.63) is 102 Å². The maximum absolute atomic E-state index is 12.4. The van der Waals surface area contributed by atoms with Gasteiger partial charge in [-0.15, -0.1) is 0 Å². The van der Waals surface area contributed by atoms with E-state index in [9.17, 15) is 9.59 Å². The first kappa shape index (κ1) is 19.1. The van der Waals surface area contributed by atoms with Crippen LogP contribution in [0.4, 0.5) is 11.4 Å². The standard InChI is InChI=1S/C24H22N2O2/c1-26(22-10-6-3-7-11-22)24(28)18-20-12-15-21(16-13-20)25-23(27)17-14-19-8-4-2-5-9-19/h2-17H,18H2,1H3,(H,25,27)/b17-14+. The van der Waals surface area contributed by atoms with Crippen molar-refractivity contribution in [2.45, 2.75) is 6.42 Å². The van der Waals surface area contributed by atoms with Crippen molar-refractivity contribution in [1.82, 2.24) is 0 Å². The Morgan fingerprint density at radius 2 is 1.46 bits per heavy atom. The SMILES string of the molecule is CN(C(=O)Cc1ccc(NC(=O)/C=C/c2ccccc2)cc1)c1ccccc1. The Balaban J connectivity index is 1.55. The lowest BCUT2D eigenvalue weighted by atomic mass is 10.1. The van der Waals surface area contributed by atoms with E-state index < -0.39 is 0 Å². The number of nitrogens with one attached hydrogen (secondary N) is 1. The molecule has 140 valence electrons. The highest BCUT2D eigenvalue weighted by molar-refractivity contribution is 6.02. The van der Waals surface area contributed by atoms with E-state index >= 15 is 0 Å². The molecule has 2 amide bonds. The summed E-state index contributed by atoms with van der Waals surface area (Å²) < 4.78 is 0. The van der Waals surface area contributed by atoms with Crippen LogP contribution in [0.1, 0.15) is 11.1 Å². The molecule has 0 spiro atoms. The third-order valence-electron chi connectivity index (χ3n) is 4.32. The van der Waals surface area contributed by atoms with Gasteiger partial charge in [-0.05, 0) is 41.5 Å². The Labute approximate surface area is 165 Å². The molecule has 3 aromatic rings. The summed E-state index contributed by atoms with van der Waals surface area (Å²) >= 11 is 0. The Bertz CT molecular complexity index is 949. The first-order valence-electron chi connectivity index (χ1n) is 9.06. The number of nitrogens with zero attached hydrogens (tertiary/aromatic N) is 1. The van der Waals surface area contributed by atoms with Crippen molar-refractivity contribution in [2.24, 2.45) is 0 Å². The number of para-hydroxylation sites is 1. The molecule has 3 aromatic carbocycles. The van der Waals surface area contributed by atoms with E-state index in [4.69, 9.17) is 0 Å². The van der Waals surface area contributed by atoms with Gasteiger partial charge in [0.05, 0.1) is 6.42 Å². The molecule has 0 bridgehead atoms. The largest absolute Gasteiger partial charge is 0.323 e. The van der Waals surface area contributed by atoms with E-state index in [2.05, 4.69) is 5.32 Å². The molecule has 0 aromatic heterocycles. The molecule has 0 saturated heterocycles. The van der Waals surface area contributed by atoms with E-state index in [0.717, 1.165) is 16.8 Å². The summed E-state index contributed by atoms with van der Waals surface area (Å²) in [5.41, 5.74) is 3.41. The third kappa shape index (κ3) is 5.42. The van der Waals surface area contributed by atoms with Crippen LogP contribution >= 0.6 is 0 Å². The average molecular weight is 370 g/mol. The second-order valence-electron chi connectivity index (χ2n) is 6.40. The normalized spacial score (nSPS) is 10.6. The predicted octanol–water partition coefficient (Wildman–Crippen LogP) is 4.54. The van der Waals surface area contributed by atoms with Crippen molar-refractivity contribution in [3.63, 3.8) is 0 Å². The fraction of sp³-hybridized carbons (Fsp3) is 0.0833. The fourth-order valence-electron chi connectivity index (χ4n) is 2.71. The van der Waals surface area contributed by atoms with Gasteiger partial charge in [0.1, 0.15) is 0 Å². The minimum absolute atomic E-state index is 0.00813. The second kappa shape index (κ2) is 9.33. The molecule has 0 unspecified atom stereocenters. The Morgan fingerprint density at radius 1 is 0.857 bits per heavy atom. The summed E-state index contributed by atoms with van der Waals surface area (Å²) in [5, 5.41) is 2.82. The van der Waals surface area contributed by atoms with E-state index in [0.29, 0.717) is 12.1 Å². The minimum atomic E-state index is -0.198. The van der Waals surface area contributed by atoms with Crippen LogP contribution in [0, 0.1) is 0 Å². The fourth-order valence-corrected chi connectivity index (χ4v) is 2.71. The molecule has 4 heteroatoms. The van der Waals surface area contributed by atoms with Gasteiger partial charge in [-0.1, -0.05) is 60.7 Å². The number of amides is 2. The topological polar surface area (TPSA) is 49.4 Å². The Kier molecular flexibility index (Phi) is 6.37. The summed E-state index contributed by atoms with van der Waals surface area (Å²) in [4.78, 5) is 26.1. The number of hydrogen-bond donors (Lipinski definition) is 1. The molecule has 0 aliphatic carbocycles. The summed E-state index contributed by atoms with van der Waals surface area (Å²) in [6.45, 7) is 0. The Morgan fingerprint density at radius 3 is 2.11 bits per heavy atom. The van der Waals surface area contributed by atoms with Crippen molar-refractivity contribution in [1.29, 1.82) is 0 Å². The van der Waals surface area contributed by atoms with Gasteiger partial charge in [0, 0.05) is 24.5 Å². The van der Waals surface area contributed by atoms with Gasteiger partial charge in [-0.3, -0.25) is 9.59 Å². The molecule has 1 N–H and O–H groups in total. The molecular weight excluding hydrogens is 348 g/mol. The molecule has 0 saturated carbocycles. The number of benzene rings is 3. The summed E-state index contributed by atoms with van der Waals surface area (Å²) in [5.74, 6) is -0.190. The van der Waals surface area contributed by atoms with Gasteiger partial charge in [-0.2, -0.15) is 0 Å². The first-order valence-corrected chi connectivity index (χ1v) is 9.06. The summed E-state index contributed by atoms with van der Waals surface area (Å²) in [7, 11) is 1.77. The van der Waals surface area contributed by atoms with Gasteiger partial charge in [-0.25, -0.2) is 0 Å². The number of carbonyl (C=O) groups is 2. The van der Waals surface area contributed by atoms with Crippen molar-refractivity contribution in [3.8, 4) is 0 Å². The van der Waals surface area contributed by atoms with E-state index in [-0.39, 0.29) is 11.8 Å². The van der Waals surface area contributed by atoms with Crippen molar-refractivity contribution in [2.75, 3.05) is 17.3 Å². The van der Waals surface area contributed by atoms with Crippen LogP contribution in [0.15, 0.2) is 91.0 Å². The zero-order valence-corrected chi connectivity index (χ0v) is 15.7. The lowest BCUT2D eigenvalue weighted by Gasteiger charge is -2.17. The summed E-state index contributed by atoms with van der Waals surface area (Å²) in [6.07, 6.45) is 3.57. The van der Waals surface area contributed by atoms with Crippen molar-refractivity contribution >= 4 is 29.3 Å². The summed E-state index contributed by atoms with van der Waals surface area (Å²) in [6, 6.07) is 26.5. The quantitative estimate of drug-likeness (QED) is 0.648. The third-order valence-corrected chi connectivity index (χ3v) is 4.32. The zero-order valence-electron chi connectivity index (χ0n) is 15.7. The van der Waals surface area contributed by atoms with Crippen LogP contribution in [0.25, 0.3) is 6.08 Å². The van der Waals surface area contributed by atoms with Crippen LogP contribution in [-0.2, 0) is 16.0 Å². The molecule has 0 radical (unpaired) electrons. The number of likely N-dealkylation sites (N-methyl/N-ethyl adjacent to an activating group) is 1. The first-order chi connectivity index (χ1) is 13.6. The average Bonchev–Trinajstić information content (AvgIpc) is 2.74. The van der Waals surface area contributed by atoms with Crippen molar-refractivity contribution < 1.29 is 9.59 Å². The molecule has 0 atom stereocenters. The van der Waals surface area contributed by atoms with Gasteiger partial charge < -0.3 is 10.2 Å². The predicted molar refractivity (Wildman–Crippen MR) is 114 cm³/mol. The Hall–Kier alpha value is -3.66. The van der Waals surface area contributed by atoms with Gasteiger partial charge in [0.2, 0.25) is 11.8 Å². The smallest absolute Gasteiger partial charge is 0.248 e. The molecule has 28 heavy (non-hydrogen) atoms. The highest BCUT2D eigenvalue weighted by atomic mass is 16.2. The number of carbonyl (C=O) groups excluding carboxylic acids is 2. The van der Waals surface area contributed by atoms with Gasteiger partial charge in [0.15, 0.2) is 0 Å². The molecule has 4 nitrogen and oxygen atoms in total. The molecule has 3 rings (SSSR count).